The lowest BCUT2D eigenvalue weighted by Crippen LogP contribution is -2.00. The van der Waals surface area contributed by atoms with Crippen molar-refractivity contribution >= 4 is 16.6 Å². The first-order valence-electron chi connectivity index (χ1n) is 5.92. The molecule has 0 aliphatic heterocycles. The van der Waals surface area contributed by atoms with Crippen LogP contribution in [0.3, 0.4) is 0 Å². The van der Waals surface area contributed by atoms with E-state index in [0.717, 1.165) is 35.1 Å². The minimum absolute atomic E-state index is 0.705. The van der Waals surface area contributed by atoms with E-state index in [1.807, 2.05) is 18.2 Å². The average molecular weight is 230 g/mol. The molecule has 3 heteroatoms. The molecule has 0 aliphatic carbocycles. The zero-order chi connectivity index (χ0) is 12.3. The van der Waals surface area contributed by atoms with E-state index in [-0.39, 0.29) is 0 Å². The van der Waals surface area contributed by atoms with Crippen molar-refractivity contribution in [3.05, 3.63) is 35.5 Å². The molecule has 1 aromatic heterocycles. The number of pyridine rings is 1. The SMILES string of the molecule is CCc1cc(N)c2cccc(CCOC)c2n1. The fourth-order valence-electron chi connectivity index (χ4n) is 1.98. The lowest BCUT2D eigenvalue weighted by molar-refractivity contribution is 0.202. The van der Waals surface area contributed by atoms with Crippen LogP contribution in [0.2, 0.25) is 0 Å². The van der Waals surface area contributed by atoms with Crippen LogP contribution in [0.25, 0.3) is 10.9 Å². The maximum absolute atomic E-state index is 6.06. The summed E-state index contributed by atoms with van der Waals surface area (Å²) < 4.78 is 5.12. The summed E-state index contributed by atoms with van der Waals surface area (Å²) in [7, 11) is 1.71. The van der Waals surface area contributed by atoms with E-state index in [9.17, 15) is 0 Å². The summed E-state index contributed by atoms with van der Waals surface area (Å²) in [4.78, 5) is 4.67. The Balaban J connectivity index is 2.56. The molecule has 0 saturated carbocycles. The predicted octanol–water partition coefficient (Wildman–Crippen LogP) is 2.57. The lowest BCUT2D eigenvalue weighted by Gasteiger charge is -2.09. The molecule has 2 rings (SSSR count). The molecule has 0 amide bonds. The number of nitrogen functional groups attached to an aromatic ring is 1. The lowest BCUT2D eigenvalue weighted by atomic mass is 10.1. The van der Waals surface area contributed by atoms with Crippen LogP contribution in [0.1, 0.15) is 18.2 Å². The quantitative estimate of drug-likeness (QED) is 0.878. The second kappa shape index (κ2) is 5.15. The van der Waals surface area contributed by atoms with Gasteiger partial charge in [-0.25, -0.2) is 0 Å². The molecule has 90 valence electrons. The van der Waals surface area contributed by atoms with Crippen molar-refractivity contribution in [3.8, 4) is 0 Å². The minimum Gasteiger partial charge on any atom is -0.398 e. The van der Waals surface area contributed by atoms with Crippen molar-refractivity contribution in [2.45, 2.75) is 19.8 Å². The van der Waals surface area contributed by atoms with Crippen molar-refractivity contribution < 1.29 is 4.74 Å². The second-order valence-corrected chi connectivity index (χ2v) is 4.11. The van der Waals surface area contributed by atoms with Crippen molar-refractivity contribution in [1.82, 2.24) is 4.98 Å². The van der Waals surface area contributed by atoms with Gasteiger partial charge in [0.15, 0.2) is 0 Å². The van der Waals surface area contributed by atoms with Crippen LogP contribution in [-0.2, 0) is 17.6 Å². The van der Waals surface area contributed by atoms with Crippen molar-refractivity contribution in [2.75, 3.05) is 19.5 Å². The summed E-state index contributed by atoms with van der Waals surface area (Å²) in [5.74, 6) is 0. The Kier molecular flexibility index (Phi) is 3.59. The van der Waals surface area contributed by atoms with Crippen LogP contribution < -0.4 is 5.73 Å². The zero-order valence-corrected chi connectivity index (χ0v) is 10.4. The number of methoxy groups -OCH3 is 1. The molecule has 0 spiro atoms. The van der Waals surface area contributed by atoms with Crippen LogP contribution in [0.15, 0.2) is 24.3 Å². The number of hydrogen-bond acceptors (Lipinski definition) is 3. The first-order valence-corrected chi connectivity index (χ1v) is 5.92. The molecule has 0 bridgehead atoms. The highest BCUT2D eigenvalue weighted by molar-refractivity contribution is 5.92. The van der Waals surface area contributed by atoms with Gasteiger partial charge in [-0.3, -0.25) is 4.98 Å². The molecule has 2 aromatic rings. The number of hydrogen-bond donors (Lipinski definition) is 1. The summed E-state index contributed by atoms with van der Waals surface area (Å²) >= 11 is 0. The van der Waals surface area contributed by atoms with E-state index in [1.54, 1.807) is 7.11 Å². The molecule has 0 unspecified atom stereocenters. The third-order valence-electron chi connectivity index (χ3n) is 2.95. The van der Waals surface area contributed by atoms with E-state index in [2.05, 4.69) is 18.0 Å². The molecule has 0 aliphatic rings. The normalized spacial score (nSPS) is 10.9. The van der Waals surface area contributed by atoms with Crippen molar-refractivity contribution in [1.29, 1.82) is 0 Å². The van der Waals surface area contributed by atoms with Gasteiger partial charge in [-0.15, -0.1) is 0 Å². The van der Waals surface area contributed by atoms with Crippen LogP contribution in [0, 0.1) is 0 Å². The van der Waals surface area contributed by atoms with Crippen molar-refractivity contribution in [3.63, 3.8) is 0 Å². The number of nitrogens with zero attached hydrogens (tertiary/aromatic N) is 1. The van der Waals surface area contributed by atoms with Gasteiger partial charge in [-0.2, -0.15) is 0 Å². The number of aromatic nitrogens is 1. The molecule has 0 saturated heterocycles. The van der Waals surface area contributed by atoms with E-state index in [4.69, 9.17) is 10.5 Å². The molecule has 0 atom stereocenters. The van der Waals surface area contributed by atoms with Crippen LogP contribution >= 0.6 is 0 Å². The Bertz CT molecular complexity index is 523. The molecule has 0 radical (unpaired) electrons. The standard InChI is InChI=1S/C14H18N2O/c1-3-11-9-13(15)12-6-4-5-10(7-8-17-2)14(12)16-11/h4-6,9H,3,7-8H2,1-2H3,(H2,15,16). The van der Waals surface area contributed by atoms with Gasteiger partial charge in [0.2, 0.25) is 0 Å². The molecule has 2 N–H and O–H groups in total. The zero-order valence-electron chi connectivity index (χ0n) is 10.4. The molecular formula is C14H18N2O. The van der Waals surface area contributed by atoms with Gasteiger partial charge in [-0.1, -0.05) is 25.1 Å². The predicted molar refractivity (Wildman–Crippen MR) is 71.1 cm³/mol. The van der Waals surface area contributed by atoms with E-state index >= 15 is 0 Å². The number of aryl methyl sites for hydroxylation is 1. The highest BCUT2D eigenvalue weighted by atomic mass is 16.5. The third-order valence-corrected chi connectivity index (χ3v) is 2.95. The summed E-state index contributed by atoms with van der Waals surface area (Å²) in [6.07, 6.45) is 1.77. The summed E-state index contributed by atoms with van der Waals surface area (Å²) in [5.41, 5.74) is 10.1. The molecule has 0 fully saturated rings. The number of ether oxygens (including phenoxy) is 1. The largest absolute Gasteiger partial charge is 0.398 e. The van der Waals surface area contributed by atoms with Gasteiger partial charge < -0.3 is 10.5 Å². The van der Waals surface area contributed by atoms with Gasteiger partial charge in [0.1, 0.15) is 0 Å². The second-order valence-electron chi connectivity index (χ2n) is 4.11. The maximum Gasteiger partial charge on any atom is 0.0758 e. The minimum atomic E-state index is 0.705. The third kappa shape index (κ3) is 2.39. The Labute approximate surface area is 102 Å². The smallest absolute Gasteiger partial charge is 0.0758 e. The van der Waals surface area contributed by atoms with Crippen LogP contribution in [0.4, 0.5) is 5.69 Å². The number of anilines is 1. The van der Waals surface area contributed by atoms with E-state index < -0.39 is 0 Å². The summed E-state index contributed by atoms with van der Waals surface area (Å²) in [6, 6.07) is 8.10. The van der Waals surface area contributed by atoms with Gasteiger partial charge in [0.05, 0.1) is 12.1 Å². The topological polar surface area (TPSA) is 48.1 Å². The summed E-state index contributed by atoms with van der Waals surface area (Å²) in [6.45, 7) is 2.79. The van der Waals surface area contributed by atoms with Crippen LogP contribution in [-0.4, -0.2) is 18.7 Å². The number of benzene rings is 1. The Hall–Kier alpha value is -1.61. The number of rotatable bonds is 4. The maximum atomic E-state index is 6.06. The highest BCUT2D eigenvalue weighted by Crippen LogP contribution is 2.24. The number of fused-ring (bicyclic) bond motifs is 1. The van der Waals surface area contributed by atoms with Gasteiger partial charge in [0.25, 0.3) is 0 Å². The fraction of sp³-hybridized carbons (Fsp3) is 0.357. The summed E-state index contributed by atoms with van der Waals surface area (Å²) in [5, 5.41) is 1.04. The molecule has 17 heavy (non-hydrogen) atoms. The highest BCUT2D eigenvalue weighted by Gasteiger charge is 2.06. The van der Waals surface area contributed by atoms with E-state index in [1.165, 1.54) is 5.56 Å². The first kappa shape index (κ1) is 11.9. The van der Waals surface area contributed by atoms with E-state index in [0.29, 0.717) is 6.61 Å². The molecule has 1 heterocycles. The number of para-hydroxylation sites is 1. The molecular weight excluding hydrogens is 212 g/mol. The molecule has 3 nitrogen and oxygen atoms in total. The van der Waals surface area contributed by atoms with Crippen molar-refractivity contribution in [2.24, 2.45) is 0 Å². The van der Waals surface area contributed by atoms with Gasteiger partial charge in [-0.05, 0) is 24.5 Å². The fourth-order valence-corrected chi connectivity index (χ4v) is 1.98. The van der Waals surface area contributed by atoms with Gasteiger partial charge >= 0.3 is 0 Å². The monoisotopic (exact) mass is 230 g/mol. The van der Waals surface area contributed by atoms with Crippen LogP contribution in [0.5, 0.6) is 0 Å². The van der Waals surface area contributed by atoms with Gasteiger partial charge in [0, 0.05) is 23.9 Å². The number of nitrogens with two attached hydrogens (primary N) is 1. The first-order chi connectivity index (χ1) is 8.26. The average Bonchev–Trinajstić information content (AvgIpc) is 2.36. The Morgan fingerprint density at radius 3 is 2.88 bits per heavy atom. The Morgan fingerprint density at radius 2 is 2.18 bits per heavy atom. The molecule has 1 aromatic carbocycles. The Morgan fingerprint density at radius 1 is 1.35 bits per heavy atom.